The summed E-state index contributed by atoms with van der Waals surface area (Å²) in [6, 6.07) is 0. The lowest BCUT2D eigenvalue weighted by Gasteiger charge is -2.07. The van der Waals surface area contributed by atoms with Crippen molar-refractivity contribution in [1.29, 1.82) is 0 Å². The number of aliphatic hydroxyl groups is 1. The number of aliphatic carboxylic acids is 2. The summed E-state index contributed by atoms with van der Waals surface area (Å²) < 4.78 is 0. The molecule has 11 heavy (non-hydrogen) atoms. The van der Waals surface area contributed by atoms with Gasteiger partial charge in [0.1, 0.15) is 0 Å². The minimum absolute atomic E-state index is 0.259. The Morgan fingerprint density at radius 2 is 1.73 bits per heavy atom. The third kappa shape index (κ3) is 3.57. The van der Waals surface area contributed by atoms with Gasteiger partial charge in [-0.15, -0.1) is 0 Å². The molecule has 0 heterocycles. The van der Waals surface area contributed by atoms with Crippen molar-refractivity contribution in [3.8, 4) is 0 Å². The van der Waals surface area contributed by atoms with E-state index in [0.717, 1.165) is 0 Å². The second-order valence-electron chi connectivity index (χ2n) is 2.33. The predicted octanol–water partition coefficient (Wildman–Crippen LogP) is -0.457. The standard InChI is InChI=1S/C6H10O5/c1-3(5(8)9)2-4(7)6(10)11/h3-4,7H,2H2,1H3,(H,8,9)(H,10,11). The van der Waals surface area contributed by atoms with Gasteiger partial charge in [-0.2, -0.15) is 0 Å². The summed E-state index contributed by atoms with van der Waals surface area (Å²) in [4.78, 5) is 20.2. The van der Waals surface area contributed by atoms with Gasteiger partial charge in [-0.05, 0) is 6.42 Å². The Balaban J connectivity index is 3.84. The van der Waals surface area contributed by atoms with Crippen LogP contribution in [-0.4, -0.2) is 33.4 Å². The van der Waals surface area contributed by atoms with E-state index in [1.807, 2.05) is 0 Å². The molecule has 0 rings (SSSR count). The number of carbonyl (C=O) groups is 2. The zero-order valence-corrected chi connectivity index (χ0v) is 6.02. The Labute approximate surface area is 63.3 Å². The van der Waals surface area contributed by atoms with E-state index < -0.39 is 24.0 Å². The van der Waals surface area contributed by atoms with Crippen LogP contribution in [0.25, 0.3) is 0 Å². The fourth-order valence-electron chi connectivity index (χ4n) is 0.537. The molecule has 3 N–H and O–H groups in total. The average Bonchev–Trinajstić information content (AvgIpc) is 1.87. The average molecular weight is 162 g/mol. The first kappa shape index (κ1) is 9.90. The first-order chi connectivity index (χ1) is 4.95. The van der Waals surface area contributed by atoms with Crippen molar-refractivity contribution < 1.29 is 24.9 Å². The molecule has 0 aromatic heterocycles. The van der Waals surface area contributed by atoms with E-state index in [2.05, 4.69) is 0 Å². The van der Waals surface area contributed by atoms with Crippen LogP contribution in [0.3, 0.4) is 0 Å². The molecule has 0 aromatic rings. The van der Waals surface area contributed by atoms with E-state index in [1.165, 1.54) is 6.92 Å². The molecule has 64 valence electrons. The van der Waals surface area contributed by atoms with Crippen molar-refractivity contribution in [2.24, 2.45) is 5.92 Å². The number of carboxylic acid groups (broad SMARTS) is 2. The van der Waals surface area contributed by atoms with E-state index in [9.17, 15) is 9.59 Å². The van der Waals surface area contributed by atoms with Crippen molar-refractivity contribution in [3.63, 3.8) is 0 Å². The molecule has 0 saturated heterocycles. The second-order valence-corrected chi connectivity index (χ2v) is 2.33. The molecular weight excluding hydrogens is 152 g/mol. The van der Waals surface area contributed by atoms with Crippen LogP contribution in [0.4, 0.5) is 0 Å². The van der Waals surface area contributed by atoms with Gasteiger partial charge in [-0.3, -0.25) is 4.79 Å². The van der Waals surface area contributed by atoms with E-state index >= 15 is 0 Å². The van der Waals surface area contributed by atoms with Crippen LogP contribution in [0.2, 0.25) is 0 Å². The summed E-state index contributed by atoms with van der Waals surface area (Å²) in [6.07, 6.45) is -1.84. The van der Waals surface area contributed by atoms with Gasteiger partial charge in [0.15, 0.2) is 6.10 Å². The third-order valence-corrected chi connectivity index (χ3v) is 1.28. The summed E-state index contributed by atoms with van der Waals surface area (Å²) in [5, 5.41) is 25.2. The summed E-state index contributed by atoms with van der Waals surface area (Å²) in [5.74, 6) is -3.33. The number of carboxylic acids is 2. The highest BCUT2D eigenvalue weighted by Crippen LogP contribution is 2.05. The Morgan fingerprint density at radius 1 is 1.27 bits per heavy atom. The molecule has 0 radical (unpaired) electrons. The van der Waals surface area contributed by atoms with Gasteiger partial charge in [0.05, 0.1) is 5.92 Å². The zero-order valence-electron chi connectivity index (χ0n) is 6.02. The maximum atomic E-state index is 10.2. The van der Waals surface area contributed by atoms with Gasteiger partial charge in [0.2, 0.25) is 0 Å². The number of aliphatic hydroxyl groups excluding tert-OH is 1. The molecule has 5 nitrogen and oxygen atoms in total. The Bertz CT molecular complexity index is 146. The van der Waals surface area contributed by atoms with E-state index in [1.54, 1.807) is 0 Å². The molecule has 2 unspecified atom stereocenters. The molecule has 0 aromatic carbocycles. The van der Waals surface area contributed by atoms with E-state index in [-0.39, 0.29) is 6.42 Å². The molecule has 0 amide bonds. The zero-order chi connectivity index (χ0) is 9.02. The summed E-state index contributed by atoms with van der Waals surface area (Å²) >= 11 is 0. The summed E-state index contributed by atoms with van der Waals surface area (Å²) in [7, 11) is 0. The maximum Gasteiger partial charge on any atom is 0.332 e. The van der Waals surface area contributed by atoms with Crippen LogP contribution in [0.1, 0.15) is 13.3 Å². The summed E-state index contributed by atoms with van der Waals surface area (Å²) in [5.41, 5.74) is 0. The van der Waals surface area contributed by atoms with Crippen LogP contribution in [0, 0.1) is 5.92 Å². The molecule has 0 saturated carbocycles. The van der Waals surface area contributed by atoms with Gasteiger partial charge in [-0.25, -0.2) is 4.79 Å². The van der Waals surface area contributed by atoms with Gasteiger partial charge < -0.3 is 15.3 Å². The molecular formula is C6H10O5. The fourth-order valence-corrected chi connectivity index (χ4v) is 0.537. The first-order valence-corrected chi connectivity index (χ1v) is 3.08. The molecule has 2 atom stereocenters. The van der Waals surface area contributed by atoms with Gasteiger partial charge in [0.25, 0.3) is 0 Å². The van der Waals surface area contributed by atoms with Crippen molar-refractivity contribution in [2.45, 2.75) is 19.4 Å². The SMILES string of the molecule is CC(CC(O)C(=O)O)C(=O)O. The smallest absolute Gasteiger partial charge is 0.332 e. The minimum Gasteiger partial charge on any atom is -0.481 e. The number of hydrogen-bond donors (Lipinski definition) is 3. The molecule has 5 heteroatoms. The van der Waals surface area contributed by atoms with E-state index in [0.29, 0.717) is 0 Å². The molecule has 0 spiro atoms. The van der Waals surface area contributed by atoms with Crippen molar-refractivity contribution in [1.82, 2.24) is 0 Å². The maximum absolute atomic E-state index is 10.2. The second kappa shape index (κ2) is 3.92. The largest absolute Gasteiger partial charge is 0.481 e. The van der Waals surface area contributed by atoms with Crippen LogP contribution in [-0.2, 0) is 9.59 Å². The fraction of sp³-hybridized carbons (Fsp3) is 0.667. The first-order valence-electron chi connectivity index (χ1n) is 3.08. The van der Waals surface area contributed by atoms with Crippen molar-refractivity contribution in [3.05, 3.63) is 0 Å². The quantitative estimate of drug-likeness (QED) is 0.520. The molecule has 0 fully saturated rings. The minimum atomic E-state index is -1.58. The van der Waals surface area contributed by atoms with Crippen LogP contribution in [0.15, 0.2) is 0 Å². The molecule has 0 aliphatic heterocycles. The van der Waals surface area contributed by atoms with Crippen LogP contribution in [0.5, 0.6) is 0 Å². The Kier molecular flexibility index (Phi) is 3.53. The third-order valence-electron chi connectivity index (χ3n) is 1.28. The van der Waals surface area contributed by atoms with Crippen molar-refractivity contribution >= 4 is 11.9 Å². The van der Waals surface area contributed by atoms with E-state index in [4.69, 9.17) is 15.3 Å². The topological polar surface area (TPSA) is 94.8 Å². The van der Waals surface area contributed by atoms with Crippen LogP contribution >= 0.6 is 0 Å². The number of hydrogen-bond acceptors (Lipinski definition) is 3. The number of rotatable bonds is 4. The van der Waals surface area contributed by atoms with Crippen LogP contribution < -0.4 is 0 Å². The molecule has 0 bridgehead atoms. The molecule has 0 aliphatic carbocycles. The van der Waals surface area contributed by atoms with Gasteiger partial charge in [-0.1, -0.05) is 6.92 Å². The highest BCUT2D eigenvalue weighted by Gasteiger charge is 2.20. The van der Waals surface area contributed by atoms with Crippen molar-refractivity contribution in [2.75, 3.05) is 0 Å². The monoisotopic (exact) mass is 162 g/mol. The Hall–Kier alpha value is -1.10. The lowest BCUT2D eigenvalue weighted by Crippen LogP contribution is -2.25. The van der Waals surface area contributed by atoms with Gasteiger partial charge in [0, 0.05) is 0 Å². The van der Waals surface area contributed by atoms with Gasteiger partial charge >= 0.3 is 11.9 Å². The highest BCUT2D eigenvalue weighted by atomic mass is 16.4. The lowest BCUT2D eigenvalue weighted by molar-refractivity contribution is -0.149. The normalized spacial score (nSPS) is 15.5. The Morgan fingerprint density at radius 3 is 2.00 bits per heavy atom. The summed E-state index contributed by atoms with van der Waals surface area (Å²) in [6.45, 7) is 1.34. The lowest BCUT2D eigenvalue weighted by atomic mass is 10.0. The highest BCUT2D eigenvalue weighted by molar-refractivity contribution is 5.74. The predicted molar refractivity (Wildman–Crippen MR) is 35.1 cm³/mol. The molecule has 0 aliphatic rings.